The van der Waals surface area contributed by atoms with Crippen molar-refractivity contribution in [3.05, 3.63) is 41.9 Å². The zero-order valence-electron chi connectivity index (χ0n) is 15.2. The molecule has 0 aliphatic carbocycles. The van der Waals surface area contributed by atoms with Crippen LogP contribution in [0.5, 0.6) is 0 Å². The molecule has 0 amide bonds. The maximum absolute atomic E-state index is 4.64. The van der Waals surface area contributed by atoms with Crippen molar-refractivity contribution in [3.8, 4) is 0 Å². The van der Waals surface area contributed by atoms with Gasteiger partial charge in [-0.3, -0.25) is 4.98 Å². The average molecular weight is 328 g/mol. The predicted octanol–water partition coefficient (Wildman–Crippen LogP) is 2.22. The van der Waals surface area contributed by atoms with Crippen molar-refractivity contribution in [1.82, 2.24) is 19.9 Å². The molecule has 2 heterocycles. The minimum atomic E-state index is 0.708. The number of aryl methyl sites for hydroxylation is 1. The molecule has 0 aliphatic rings. The van der Waals surface area contributed by atoms with E-state index in [0.29, 0.717) is 5.95 Å². The molecule has 0 atom stereocenters. The molecule has 0 saturated carbocycles. The lowest BCUT2D eigenvalue weighted by Gasteiger charge is -2.19. The number of hydrogen-bond donors (Lipinski definition) is 1. The van der Waals surface area contributed by atoms with Crippen LogP contribution in [0.2, 0.25) is 0 Å². The molecule has 2 rings (SSSR count). The van der Waals surface area contributed by atoms with E-state index in [0.717, 1.165) is 44.0 Å². The molecular weight excluding hydrogens is 300 g/mol. The number of hydrogen-bond acceptors (Lipinski definition) is 6. The second-order valence-corrected chi connectivity index (χ2v) is 6.30. The summed E-state index contributed by atoms with van der Waals surface area (Å²) in [7, 11) is 6.23. The van der Waals surface area contributed by atoms with Crippen molar-refractivity contribution in [2.75, 3.05) is 51.0 Å². The summed E-state index contributed by atoms with van der Waals surface area (Å²) in [5.41, 5.74) is 2.26. The lowest BCUT2D eigenvalue weighted by atomic mass is 10.2. The summed E-state index contributed by atoms with van der Waals surface area (Å²) in [6.45, 7) is 4.84. The number of pyridine rings is 1. The average Bonchev–Trinajstić information content (AvgIpc) is 2.57. The molecule has 0 radical (unpaired) electrons. The molecule has 2 aromatic rings. The minimum Gasteiger partial charge on any atom is -0.359 e. The fourth-order valence-corrected chi connectivity index (χ4v) is 2.38. The van der Waals surface area contributed by atoms with Gasteiger partial charge in [0.05, 0.1) is 0 Å². The lowest BCUT2D eigenvalue weighted by molar-refractivity contribution is 0.405. The number of aromatic nitrogens is 3. The summed E-state index contributed by atoms with van der Waals surface area (Å²) in [5.74, 6) is 1.66. The molecule has 2 aromatic heterocycles. The number of rotatable bonds is 9. The van der Waals surface area contributed by atoms with Crippen LogP contribution in [0.4, 0.5) is 11.8 Å². The van der Waals surface area contributed by atoms with Gasteiger partial charge in [0, 0.05) is 44.3 Å². The Labute approximate surface area is 145 Å². The van der Waals surface area contributed by atoms with Crippen molar-refractivity contribution in [2.45, 2.75) is 19.8 Å². The molecule has 0 saturated heterocycles. The van der Waals surface area contributed by atoms with Crippen molar-refractivity contribution in [2.24, 2.45) is 0 Å². The molecule has 24 heavy (non-hydrogen) atoms. The van der Waals surface area contributed by atoms with E-state index >= 15 is 0 Å². The zero-order valence-corrected chi connectivity index (χ0v) is 15.2. The highest BCUT2D eigenvalue weighted by atomic mass is 15.2. The molecule has 0 aliphatic heterocycles. The molecule has 0 spiro atoms. The third-order valence-corrected chi connectivity index (χ3v) is 3.78. The summed E-state index contributed by atoms with van der Waals surface area (Å²) < 4.78 is 0. The van der Waals surface area contributed by atoms with Gasteiger partial charge in [0.2, 0.25) is 5.95 Å². The number of nitrogens with one attached hydrogen (secondary N) is 1. The van der Waals surface area contributed by atoms with E-state index in [1.807, 2.05) is 25.4 Å². The Bertz CT molecular complexity index is 614. The summed E-state index contributed by atoms with van der Waals surface area (Å²) in [6.07, 6.45) is 5.70. The third kappa shape index (κ3) is 6.12. The van der Waals surface area contributed by atoms with E-state index in [9.17, 15) is 0 Å². The molecule has 0 fully saturated rings. The van der Waals surface area contributed by atoms with Crippen molar-refractivity contribution in [1.29, 1.82) is 0 Å². The first-order valence-electron chi connectivity index (χ1n) is 8.39. The quantitative estimate of drug-likeness (QED) is 0.712. The molecule has 1 N–H and O–H groups in total. The van der Waals surface area contributed by atoms with Crippen molar-refractivity contribution < 1.29 is 0 Å². The molecule has 6 heteroatoms. The van der Waals surface area contributed by atoms with Gasteiger partial charge in [-0.2, -0.15) is 4.98 Å². The van der Waals surface area contributed by atoms with E-state index in [1.54, 1.807) is 0 Å². The predicted molar refractivity (Wildman–Crippen MR) is 99.6 cm³/mol. The topological polar surface area (TPSA) is 57.2 Å². The second-order valence-electron chi connectivity index (χ2n) is 6.30. The largest absolute Gasteiger partial charge is 0.359 e. The van der Waals surface area contributed by atoms with E-state index < -0.39 is 0 Å². The third-order valence-electron chi connectivity index (χ3n) is 3.78. The summed E-state index contributed by atoms with van der Waals surface area (Å²) in [4.78, 5) is 17.5. The van der Waals surface area contributed by atoms with Crippen LogP contribution in [-0.4, -0.2) is 60.6 Å². The van der Waals surface area contributed by atoms with Crippen LogP contribution in [0.15, 0.2) is 30.6 Å². The van der Waals surface area contributed by atoms with Gasteiger partial charge in [-0.05, 0) is 58.1 Å². The molecule has 130 valence electrons. The van der Waals surface area contributed by atoms with Crippen LogP contribution in [0, 0.1) is 6.92 Å². The summed E-state index contributed by atoms with van der Waals surface area (Å²) in [6, 6.07) is 6.13. The highest BCUT2D eigenvalue weighted by molar-refractivity contribution is 5.44. The van der Waals surface area contributed by atoms with E-state index in [2.05, 4.69) is 63.3 Å². The van der Waals surface area contributed by atoms with Gasteiger partial charge < -0.3 is 15.1 Å². The molecule has 0 aromatic carbocycles. The zero-order chi connectivity index (χ0) is 17.4. The van der Waals surface area contributed by atoms with Gasteiger partial charge in [-0.15, -0.1) is 0 Å². The van der Waals surface area contributed by atoms with Crippen LogP contribution in [0.3, 0.4) is 0 Å². The smallest absolute Gasteiger partial charge is 0.224 e. The van der Waals surface area contributed by atoms with Gasteiger partial charge in [0.1, 0.15) is 5.82 Å². The monoisotopic (exact) mass is 328 g/mol. The highest BCUT2D eigenvalue weighted by Gasteiger charge is 2.07. The Kier molecular flexibility index (Phi) is 6.93. The van der Waals surface area contributed by atoms with Gasteiger partial charge in [-0.25, -0.2) is 4.98 Å². The van der Waals surface area contributed by atoms with E-state index in [1.165, 1.54) is 5.56 Å². The Balaban J connectivity index is 1.91. The molecule has 0 unspecified atom stereocenters. The van der Waals surface area contributed by atoms with Crippen molar-refractivity contribution in [3.63, 3.8) is 0 Å². The Morgan fingerprint density at radius 1 is 1.04 bits per heavy atom. The maximum Gasteiger partial charge on any atom is 0.224 e. The first-order valence-corrected chi connectivity index (χ1v) is 8.39. The van der Waals surface area contributed by atoms with Crippen LogP contribution in [-0.2, 0) is 6.42 Å². The molecule has 0 bridgehead atoms. The van der Waals surface area contributed by atoms with Crippen molar-refractivity contribution >= 4 is 11.8 Å². The standard InChI is InChI=1S/C18H28N6/c1-15-14-17(22-18(21-15)20-9-5-12-23(2)3)24(4)13-8-16-6-10-19-11-7-16/h6-7,10-11,14H,5,8-9,12-13H2,1-4H3,(H,20,21,22). The fraction of sp³-hybridized carbons (Fsp3) is 0.500. The Morgan fingerprint density at radius 3 is 2.50 bits per heavy atom. The summed E-state index contributed by atoms with van der Waals surface area (Å²) >= 11 is 0. The molecule has 6 nitrogen and oxygen atoms in total. The number of likely N-dealkylation sites (N-methyl/N-ethyl adjacent to an activating group) is 1. The van der Waals surface area contributed by atoms with E-state index in [-0.39, 0.29) is 0 Å². The van der Waals surface area contributed by atoms with Gasteiger partial charge >= 0.3 is 0 Å². The van der Waals surface area contributed by atoms with Gasteiger partial charge in [0.25, 0.3) is 0 Å². The Hall–Kier alpha value is -2.21. The van der Waals surface area contributed by atoms with Gasteiger partial charge in [-0.1, -0.05) is 0 Å². The first kappa shape index (κ1) is 18.1. The van der Waals surface area contributed by atoms with Crippen LogP contribution >= 0.6 is 0 Å². The lowest BCUT2D eigenvalue weighted by Crippen LogP contribution is -2.22. The SMILES string of the molecule is Cc1cc(N(C)CCc2ccncc2)nc(NCCCN(C)C)n1. The number of nitrogens with zero attached hydrogens (tertiary/aromatic N) is 5. The van der Waals surface area contributed by atoms with Crippen LogP contribution in [0.1, 0.15) is 17.7 Å². The van der Waals surface area contributed by atoms with Crippen LogP contribution in [0.25, 0.3) is 0 Å². The second kappa shape index (κ2) is 9.17. The highest BCUT2D eigenvalue weighted by Crippen LogP contribution is 2.14. The van der Waals surface area contributed by atoms with Gasteiger partial charge in [0.15, 0.2) is 0 Å². The van der Waals surface area contributed by atoms with Crippen LogP contribution < -0.4 is 10.2 Å². The Morgan fingerprint density at radius 2 is 1.79 bits per heavy atom. The maximum atomic E-state index is 4.64. The molecular formula is C18H28N6. The fourth-order valence-electron chi connectivity index (χ4n) is 2.38. The first-order chi connectivity index (χ1) is 11.5. The normalized spacial score (nSPS) is 10.9. The minimum absolute atomic E-state index is 0.708. The summed E-state index contributed by atoms with van der Waals surface area (Å²) in [5, 5.41) is 3.33. The number of anilines is 2. The van der Waals surface area contributed by atoms with E-state index in [4.69, 9.17) is 0 Å².